The Balaban J connectivity index is 2.01. The van der Waals surface area contributed by atoms with Crippen molar-refractivity contribution in [2.24, 2.45) is 5.73 Å². The molecule has 0 amide bonds. The number of aryl methyl sites for hydroxylation is 1. The molecule has 3 heterocycles. The summed E-state index contributed by atoms with van der Waals surface area (Å²) in [6, 6.07) is 0. The molecule has 0 saturated carbocycles. The van der Waals surface area contributed by atoms with Crippen molar-refractivity contribution in [3.8, 4) is 0 Å². The molecule has 3 N–H and O–H groups in total. The number of nitrogens with two attached hydrogens (primary N) is 1. The smallest absolute Gasteiger partial charge is 0.214 e. The van der Waals surface area contributed by atoms with E-state index in [1.807, 2.05) is 22.9 Å². The van der Waals surface area contributed by atoms with Gasteiger partial charge in [-0.3, -0.25) is 9.50 Å². The van der Waals surface area contributed by atoms with E-state index in [0.717, 1.165) is 21.5 Å². The summed E-state index contributed by atoms with van der Waals surface area (Å²) in [6.07, 6.45) is 1.97. The van der Waals surface area contributed by atoms with Gasteiger partial charge in [0, 0.05) is 18.1 Å². The summed E-state index contributed by atoms with van der Waals surface area (Å²) in [7, 11) is 0. The third-order valence-corrected chi connectivity index (χ3v) is 3.92. The number of thiazole rings is 1. The molecule has 0 saturated heterocycles. The van der Waals surface area contributed by atoms with Crippen LogP contribution in [0.15, 0.2) is 21.8 Å². The van der Waals surface area contributed by atoms with Gasteiger partial charge in [-0.1, -0.05) is 0 Å². The van der Waals surface area contributed by atoms with E-state index in [4.69, 9.17) is 5.73 Å². The Labute approximate surface area is 105 Å². The lowest BCUT2D eigenvalue weighted by Crippen LogP contribution is -2.01. The number of imidazole rings is 1. The Hall–Kier alpha value is -1.38. The van der Waals surface area contributed by atoms with Gasteiger partial charge in [0.1, 0.15) is 10.9 Å². The molecule has 3 aromatic heterocycles. The minimum atomic E-state index is 0.448. The van der Waals surface area contributed by atoms with Gasteiger partial charge in [0.25, 0.3) is 0 Å². The number of hydrogen-bond donors (Lipinski definition) is 2. The highest BCUT2D eigenvalue weighted by Crippen LogP contribution is 2.29. The van der Waals surface area contributed by atoms with Gasteiger partial charge in [0.05, 0.1) is 5.69 Å². The molecular formula is C9H10N6S2. The van der Waals surface area contributed by atoms with E-state index < -0.39 is 0 Å². The van der Waals surface area contributed by atoms with Crippen molar-refractivity contribution in [2.75, 3.05) is 0 Å². The van der Waals surface area contributed by atoms with Gasteiger partial charge in [-0.2, -0.15) is 0 Å². The Morgan fingerprint density at radius 1 is 1.53 bits per heavy atom. The average Bonchev–Trinajstić information content (AvgIpc) is 2.95. The maximum absolute atomic E-state index is 5.76. The van der Waals surface area contributed by atoms with Crippen LogP contribution in [0.5, 0.6) is 0 Å². The second-order valence-corrected chi connectivity index (χ2v) is 5.26. The number of rotatable bonds is 3. The lowest BCUT2D eigenvalue weighted by molar-refractivity contribution is 0.916. The molecular weight excluding hydrogens is 256 g/mol. The van der Waals surface area contributed by atoms with Gasteiger partial charge < -0.3 is 5.73 Å². The van der Waals surface area contributed by atoms with Crippen LogP contribution in [-0.4, -0.2) is 24.6 Å². The summed E-state index contributed by atoms with van der Waals surface area (Å²) >= 11 is 3.02. The first kappa shape index (κ1) is 10.8. The van der Waals surface area contributed by atoms with E-state index in [2.05, 4.69) is 20.2 Å². The van der Waals surface area contributed by atoms with Crippen molar-refractivity contribution in [1.82, 2.24) is 24.6 Å². The van der Waals surface area contributed by atoms with Gasteiger partial charge in [-0.15, -0.1) is 16.4 Å². The second-order valence-electron chi connectivity index (χ2n) is 3.43. The topological polar surface area (TPSA) is 84.9 Å². The average molecular weight is 266 g/mol. The van der Waals surface area contributed by atoms with E-state index in [0.29, 0.717) is 11.7 Å². The molecule has 6 nitrogen and oxygen atoms in total. The van der Waals surface area contributed by atoms with Crippen LogP contribution in [0.3, 0.4) is 0 Å². The minimum Gasteiger partial charge on any atom is -0.325 e. The monoisotopic (exact) mass is 266 g/mol. The first-order valence-corrected chi connectivity index (χ1v) is 6.69. The normalized spacial score (nSPS) is 11.4. The Morgan fingerprint density at radius 2 is 2.41 bits per heavy atom. The molecule has 0 aliphatic rings. The van der Waals surface area contributed by atoms with E-state index >= 15 is 0 Å². The maximum atomic E-state index is 5.76. The Bertz CT molecular complexity index is 651. The fraction of sp³-hybridized carbons (Fsp3) is 0.222. The number of aromatic nitrogens is 5. The van der Waals surface area contributed by atoms with Crippen LogP contribution in [0, 0.1) is 6.92 Å². The highest BCUT2D eigenvalue weighted by molar-refractivity contribution is 7.99. The zero-order chi connectivity index (χ0) is 11.8. The summed E-state index contributed by atoms with van der Waals surface area (Å²) in [6.45, 7) is 2.32. The summed E-state index contributed by atoms with van der Waals surface area (Å²) in [5, 5.41) is 10.4. The summed E-state index contributed by atoms with van der Waals surface area (Å²) in [5.74, 6) is 0.794. The number of H-pyrrole nitrogens is 1. The number of fused-ring (bicyclic) bond motifs is 1. The fourth-order valence-corrected chi connectivity index (χ4v) is 3.20. The molecule has 3 rings (SSSR count). The largest absolute Gasteiger partial charge is 0.325 e. The molecule has 0 fully saturated rings. The number of hydrogen-bond acceptors (Lipinski definition) is 6. The van der Waals surface area contributed by atoms with Crippen LogP contribution < -0.4 is 5.73 Å². The quantitative estimate of drug-likeness (QED) is 0.749. The molecule has 0 aliphatic carbocycles. The number of nitrogens with zero attached hydrogens (tertiary/aromatic N) is 4. The third kappa shape index (κ3) is 1.84. The summed E-state index contributed by atoms with van der Waals surface area (Å²) in [4.78, 5) is 9.71. The van der Waals surface area contributed by atoms with Crippen molar-refractivity contribution < 1.29 is 0 Å². The van der Waals surface area contributed by atoms with Crippen molar-refractivity contribution in [3.05, 3.63) is 23.1 Å². The lowest BCUT2D eigenvalue weighted by atomic mass is 10.5. The first-order chi connectivity index (χ1) is 8.28. The Morgan fingerprint density at radius 3 is 3.12 bits per heavy atom. The van der Waals surface area contributed by atoms with Crippen molar-refractivity contribution >= 4 is 28.1 Å². The zero-order valence-electron chi connectivity index (χ0n) is 9.04. The lowest BCUT2D eigenvalue weighted by Gasteiger charge is -1.97. The van der Waals surface area contributed by atoms with Crippen LogP contribution in [-0.2, 0) is 6.54 Å². The number of nitrogens with one attached hydrogen (secondary N) is 1. The second kappa shape index (κ2) is 4.13. The zero-order valence-corrected chi connectivity index (χ0v) is 10.7. The van der Waals surface area contributed by atoms with Crippen LogP contribution in [0.1, 0.15) is 11.5 Å². The molecule has 0 bridgehead atoms. The maximum Gasteiger partial charge on any atom is 0.214 e. The molecule has 0 aromatic carbocycles. The highest BCUT2D eigenvalue weighted by atomic mass is 32.2. The molecule has 3 aromatic rings. The summed E-state index contributed by atoms with van der Waals surface area (Å²) < 4.78 is 2.01. The fourth-order valence-electron chi connectivity index (χ4n) is 1.53. The van der Waals surface area contributed by atoms with Crippen molar-refractivity contribution in [1.29, 1.82) is 0 Å². The molecule has 0 radical (unpaired) electrons. The van der Waals surface area contributed by atoms with Crippen LogP contribution in [0.4, 0.5) is 0 Å². The summed E-state index contributed by atoms with van der Waals surface area (Å²) in [5.41, 5.74) is 6.76. The standard InChI is InChI=1S/C9H10N6S2/c1-5-11-8(14-13-5)17-7-6(4-10)15-2-3-16-9(15)12-7/h2-3H,4,10H2,1H3,(H,11,13,14). The minimum absolute atomic E-state index is 0.448. The van der Waals surface area contributed by atoms with Crippen LogP contribution in [0.25, 0.3) is 4.96 Å². The molecule has 8 heteroatoms. The van der Waals surface area contributed by atoms with Gasteiger partial charge in [-0.25, -0.2) is 9.97 Å². The van der Waals surface area contributed by atoms with E-state index in [1.54, 1.807) is 11.3 Å². The number of aromatic amines is 1. The van der Waals surface area contributed by atoms with Gasteiger partial charge in [-0.05, 0) is 18.7 Å². The predicted molar refractivity (Wildman–Crippen MR) is 66.2 cm³/mol. The first-order valence-electron chi connectivity index (χ1n) is 4.99. The molecule has 0 spiro atoms. The van der Waals surface area contributed by atoms with Crippen molar-refractivity contribution in [2.45, 2.75) is 23.7 Å². The molecule has 0 aliphatic heterocycles. The predicted octanol–water partition coefficient (Wildman–Crippen LogP) is 1.43. The SMILES string of the molecule is Cc1nc(Sc2nc3sccn3c2CN)n[nH]1. The van der Waals surface area contributed by atoms with Crippen LogP contribution >= 0.6 is 23.1 Å². The van der Waals surface area contributed by atoms with E-state index in [-0.39, 0.29) is 0 Å². The van der Waals surface area contributed by atoms with Gasteiger partial charge in [0.2, 0.25) is 5.16 Å². The highest BCUT2D eigenvalue weighted by Gasteiger charge is 2.14. The molecule has 17 heavy (non-hydrogen) atoms. The van der Waals surface area contributed by atoms with E-state index in [1.165, 1.54) is 11.8 Å². The Kier molecular flexibility index (Phi) is 2.61. The van der Waals surface area contributed by atoms with Crippen LogP contribution in [0.2, 0.25) is 0 Å². The molecule has 0 atom stereocenters. The van der Waals surface area contributed by atoms with Gasteiger partial charge >= 0.3 is 0 Å². The molecule has 0 unspecified atom stereocenters. The van der Waals surface area contributed by atoms with Gasteiger partial charge in [0.15, 0.2) is 4.96 Å². The molecule has 88 valence electrons. The van der Waals surface area contributed by atoms with E-state index in [9.17, 15) is 0 Å². The van der Waals surface area contributed by atoms with Crippen molar-refractivity contribution in [3.63, 3.8) is 0 Å². The third-order valence-electron chi connectivity index (χ3n) is 2.28.